The molecule has 1 rings (SSSR count). The summed E-state index contributed by atoms with van der Waals surface area (Å²) in [4.78, 5) is 10.8. The molecule has 0 bridgehead atoms. The Balaban J connectivity index is 2.47. The third-order valence-electron chi connectivity index (χ3n) is 2.40. The number of nitrogens with one attached hydrogen (secondary N) is 2. The molecule has 1 aromatic carbocycles. The van der Waals surface area contributed by atoms with Gasteiger partial charge in [0.15, 0.2) is 0 Å². The molecule has 0 unspecified atom stereocenters. The quantitative estimate of drug-likeness (QED) is 0.409. The molecule has 4 heteroatoms. The van der Waals surface area contributed by atoms with Crippen LogP contribution in [0.1, 0.15) is 25.0 Å². The SMILES string of the molecule is CC(C)CNCc1ccc(/C=C/C(=O)NO)cc1. The van der Waals surface area contributed by atoms with Gasteiger partial charge < -0.3 is 5.32 Å². The van der Waals surface area contributed by atoms with E-state index >= 15 is 0 Å². The molecular formula is C14H20N2O2. The van der Waals surface area contributed by atoms with Crippen LogP contribution < -0.4 is 10.8 Å². The van der Waals surface area contributed by atoms with E-state index in [1.54, 1.807) is 11.6 Å². The van der Waals surface area contributed by atoms with E-state index in [9.17, 15) is 4.79 Å². The Bertz CT molecular complexity index is 397. The van der Waals surface area contributed by atoms with Gasteiger partial charge in [0.1, 0.15) is 0 Å². The van der Waals surface area contributed by atoms with Crippen LogP contribution in [0.15, 0.2) is 30.3 Å². The lowest BCUT2D eigenvalue weighted by atomic mass is 10.1. The molecule has 1 aromatic rings. The van der Waals surface area contributed by atoms with Gasteiger partial charge in [0, 0.05) is 12.6 Å². The average Bonchev–Trinajstić information content (AvgIpc) is 2.37. The van der Waals surface area contributed by atoms with Crippen LogP contribution in [0.5, 0.6) is 0 Å². The van der Waals surface area contributed by atoms with Gasteiger partial charge in [0.2, 0.25) is 0 Å². The van der Waals surface area contributed by atoms with Crippen molar-refractivity contribution in [3.63, 3.8) is 0 Å². The van der Waals surface area contributed by atoms with Crippen LogP contribution in [0.2, 0.25) is 0 Å². The largest absolute Gasteiger partial charge is 0.312 e. The maximum Gasteiger partial charge on any atom is 0.267 e. The van der Waals surface area contributed by atoms with E-state index in [1.165, 1.54) is 11.6 Å². The van der Waals surface area contributed by atoms with E-state index in [4.69, 9.17) is 5.21 Å². The summed E-state index contributed by atoms with van der Waals surface area (Å²) in [7, 11) is 0. The summed E-state index contributed by atoms with van der Waals surface area (Å²) in [6, 6.07) is 7.91. The van der Waals surface area contributed by atoms with Gasteiger partial charge in [-0.1, -0.05) is 38.1 Å². The lowest BCUT2D eigenvalue weighted by Gasteiger charge is -2.07. The van der Waals surface area contributed by atoms with Crippen LogP contribution in [0.3, 0.4) is 0 Å². The van der Waals surface area contributed by atoms with Crippen molar-refractivity contribution in [2.24, 2.45) is 5.92 Å². The molecular weight excluding hydrogens is 228 g/mol. The lowest BCUT2D eigenvalue weighted by Crippen LogP contribution is -2.18. The van der Waals surface area contributed by atoms with Gasteiger partial charge in [-0.15, -0.1) is 0 Å². The summed E-state index contributed by atoms with van der Waals surface area (Å²) < 4.78 is 0. The first-order valence-electron chi connectivity index (χ1n) is 6.03. The number of hydrogen-bond acceptors (Lipinski definition) is 3. The molecule has 0 aliphatic heterocycles. The molecule has 0 heterocycles. The molecule has 98 valence electrons. The Labute approximate surface area is 108 Å². The zero-order chi connectivity index (χ0) is 13.4. The summed E-state index contributed by atoms with van der Waals surface area (Å²) in [5, 5.41) is 11.7. The molecule has 0 atom stereocenters. The highest BCUT2D eigenvalue weighted by Gasteiger charge is 1.96. The van der Waals surface area contributed by atoms with E-state index in [2.05, 4.69) is 19.2 Å². The molecule has 0 radical (unpaired) electrons. The molecule has 0 saturated heterocycles. The van der Waals surface area contributed by atoms with Crippen molar-refractivity contribution in [2.75, 3.05) is 6.54 Å². The van der Waals surface area contributed by atoms with E-state index < -0.39 is 5.91 Å². The minimum Gasteiger partial charge on any atom is -0.312 e. The van der Waals surface area contributed by atoms with Crippen LogP contribution in [-0.2, 0) is 11.3 Å². The molecule has 1 amide bonds. The van der Waals surface area contributed by atoms with Gasteiger partial charge >= 0.3 is 0 Å². The Morgan fingerprint density at radius 3 is 2.56 bits per heavy atom. The minimum absolute atomic E-state index is 0.530. The third kappa shape index (κ3) is 5.61. The molecule has 0 aromatic heterocycles. The van der Waals surface area contributed by atoms with E-state index in [0.29, 0.717) is 5.92 Å². The van der Waals surface area contributed by atoms with Crippen molar-refractivity contribution in [2.45, 2.75) is 20.4 Å². The first kappa shape index (κ1) is 14.4. The number of rotatable bonds is 6. The maximum atomic E-state index is 10.8. The van der Waals surface area contributed by atoms with Gasteiger partial charge in [0.05, 0.1) is 0 Å². The molecule has 0 aliphatic carbocycles. The van der Waals surface area contributed by atoms with Crippen molar-refractivity contribution in [3.05, 3.63) is 41.5 Å². The molecule has 4 nitrogen and oxygen atoms in total. The average molecular weight is 248 g/mol. The standard InChI is InChI=1S/C14H20N2O2/c1-11(2)9-15-10-13-5-3-12(4-6-13)7-8-14(17)16-18/h3-8,11,15,18H,9-10H2,1-2H3,(H,16,17)/b8-7+. The van der Waals surface area contributed by atoms with Crippen molar-refractivity contribution in [1.29, 1.82) is 0 Å². The second-order valence-electron chi connectivity index (χ2n) is 4.58. The molecule has 0 aliphatic rings. The van der Waals surface area contributed by atoms with Crippen molar-refractivity contribution in [1.82, 2.24) is 10.8 Å². The van der Waals surface area contributed by atoms with Crippen LogP contribution in [0, 0.1) is 5.92 Å². The Hall–Kier alpha value is -1.65. The molecule has 0 saturated carbocycles. The summed E-state index contributed by atoms with van der Waals surface area (Å²) in [5.74, 6) is 0.113. The smallest absolute Gasteiger partial charge is 0.267 e. The van der Waals surface area contributed by atoms with Crippen molar-refractivity contribution < 1.29 is 10.0 Å². The highest BCUT2D eigenvalue weighted by atomic mass is 16.5. The molecule has 0 fully saturated rings. The van der Waals surface area contributed by atoms with Crippen LogP contribution >= 0.6 is 0 Å². The summed E-state index contributed by atoms with van der Waals surface area (Å²) >= 11 is 0. The Morgan fingerprint density at radius 2 is 2.00 bits per heavy atom. The third-order valence-corrected chi connectivity index (χ3v) is 2.40. The topological polar surface area (TPSA) is 61.4 Å². The summed E-state index contributed by atoms with van der Waals surface area (Å²) in [5.41, 5.74) is 3.68. The van der Waals surface area contributed by atoms with E-state index in [1.807, 2.05) is 24.3 Å². The van der Waals surface area contributed by atoms with Gasteiger partial charge in [-0.3, -0.25) is 10.0 Å². The molecule has 3 N–H and O–H groups in total. The monoisotopic (exact) mass is 248 g/mol. The minimum atomic E-state index is -0.530. The number of amides is 1. The number of carbonyl (C=O) groups is 1. The number of carbonyl (C=O) groups excluding carboxylic acids is 1. The summed E-state index contributed by atoms with van der Waals surface area (Å²) in [6.45, 7) is 6.19. The van der Waals surface area contributed by atoms with Gasteiger partial charge in [0.25, 0.3) is 5.91 Å². The van der Waals surface area contributed by atoms with Crippen LogP contribution in [0.25, 0.3) is 6.08 Å². The van der Waals surface area contributed by atoms with Crippen LogP contribution in [-0.4, -0.2) is 17.7 Å². The normalized spacial score (nSPS) is 11.1. The second-order valence-corrected chi connectivity index (χ2v) is 4.58. The highest BCUT2D eigenvalue weighted by Crippen LogP contribution is 2.06. The first-order valence-corrected chi connectivity index (χ1v) is 6.03. The fourth-order valence-corrected chi connectivity index (χ4v) is 1.46. The number of hydrogen-bond donors (Lipinski definition) is 3. The summed E-state index contributed by atoms with van der Waals surface area (Å²) in [6.07, 6.45) is 2.93. The second kappa shape index (κ2) is 7.63. The Kier molecular flexibility index (Phi) is 6.11. The van der Waals surface area contributed by atoms with Gasteiger partial charge in [-0.25, -0.2) is 5.48 Å². The van der Waals surface area contributed by atoms with Crippen LogP contribution in [0.4, 0.5) is 0 Å². The van der Waals surface area contributed by atoms with Gasteiger partial charge in [-0.05, 0) is 29.7 Å². The zero-order valence-electron chi connectivity index (χ0n) is 10.8. The fourth-order valence-electron chi connectivity index (χ4n) is 1.46. The van der Waals surface area contributed by atoms with E-state index in [0.717, 1.165) is 18.7 Å². The fraction of sp³-hybridized carbons (Fsp3) is 0.357. The van der Waals surface area contributed by atoms with Crippen molar-refractivity contribution >= 4 is 12.0 Å². The zero-order valence-corrected chi connectivity index (χ0v) is 10.8. The predicted octanol–water partition coefficient (Wildman–Crippen LogP) is 1.95. The number of benzene rings is 1. The first-order chi connectivity index (χ1) is 8.61. The lowest BCUT2D eigenvalue weighted by molar-refractivity contribution is -0.124. The number of hydroxylamine groups is 1. The van der Waals surface area contributed by atoms with E-state index in [-0.39, 0.29) is 0 Å². The Morgan fingerprint density at radius 1 is 1.33 bits per heavy atom. The highest BCUT2D eigenvalue weighted by molar-refractivity contribution is 5.90. The van der Waals surface area contributed by atoms with Gasteiger partial charge in [-0.2, -0.15) is 0 Å². The van der Waals surface area contributed by atoms with Crippen molar-refractivity contribution in [3.8, 4) is 0 Å². The molecule has 18 heavy (non-hydrogen) atoms. The maximum absolute atomic E-state index is 10.8. The predicted molar refractivity (Wildman–Crippen MR) is 71.9 cm³/mol. The molecule has 0 spiro atoms.